The second-order valence-electron chi connectivity index (χ2n) is 7.28. The smallest absolute Gasteiger partial charge is 0.323 e. The minimum Gasteiger partial charge on any atom is -0.455 e. The molecule has 148 valence electrons. The van der Waals surface area contributed by atoms with Gasteiger partial charge in [0, 0.05) is 6.20 Å². The Hall–Kier alpha value is -2.27. The molecule has 10 heteroatoms. The fraction of sp³-hybridized carbons (Fsp3) is 0.588. The van der Waals surface area contributed by atoms with Crippen molar-refractivity contribution in [1.82, 2.24) is 14.5 Å². The van der Waals surface area contributed by atoms with Crippen molar-refractivity contribution >= 4 is 22.8 Å². The Morgan fingerprint density at radius 2 is 2.19 bits per heavy atom. The topological polar surface area (TPSA) is 159 Å². The number of rotatable bonds is 5. The number of nitrogens with two attached hydrogens (primary N) is 2. The average Bonchev–Trinajstić information content (AvgIpc) is 3.14. The minimum absolute atomic E-state index is 0.138. The zero-order chi connectivity index (χ0) is 19.9. The number of aromatic nitrogens is 3. The Balaban J connectivity index is 1.94. The third kappa shape index (κ3) is 3.25. The summed E-state index contributed by atoms with van der Waals surface area (Å²) in [5.41, 5.74) is 10.5. The fourth-order valence-corrected chi connectivity index (χ4v) is 3.23. The highest BCUT2D eigenvalue weighted by atomic mass is 16.6. The molecule has 27 heavy (non-hydrogen) atoms. The molecule has 0 saturated carbocycles. The van der Waals surface area contributed by atoms with Crippen molar-refractivity contribution in [2.75, 3.05) is 12.3 Å². The van der Waals surface area contributed by atoms with Crippen LogP contribution in [0.3, 0.4) is 0 Å². The molecule has 0 aromatic carbocycles. The molecule has 5 atom stereocenters. The van der Waals surface area contributed by atoms with Gasteiger partial charge in [-0.3, -0.25) is 4.79 Å². The van der Waals surface area contributed by atoms with Gasteiger partial charge in [0.2, 0.25) is 0 Å². The number of nitrogen functional groups attached to an aromatic ring is 1. The van der Waals surface area contributed by atoms with E-state index in [1.165, 1.54) is 13.3 Å². The summed E-state index contributed by atoms with van der Waals surface area (Å²) < 4.78 is 12.8. The summed E-state index contributed by atoms with van der Waals surface area (Å²) in [6, 6.07) is 0.852. The van der Waals surface area contributed by atoms with E-state index in [0.717, 1.165) is 0 Å². The van der Waals surface area contributed by atoms with Gasteiger partial charge in [-0.1, -0.05) is 13.8 Å². The molecule has 0 radical (unpaired) electrons. The number of hydrogen-bond donors (Lipinski definition) is 4. The number of fused-ring (bicyclic) bond motifs is 1. The van der Waals surface area contributed by atoms with Gasteiger partial charge in [-0.2, -0.15) is 0 Å². The Kier molecular flexibility index (Phi) is 5.08. The van der Waals surface area contributed by atoms with Crippen LogP contribution in [0.15, 0.2) is 18.6 Å². The van der Waals surface area contributed by atoms with E-state index < -0.39 is 42.7 Å². The monoisotopic (exact) mass is 379 g/mol. The average molecular weight is 379 g/mol. The van der Waals surface area contributed by atoms with Gasteiger partial charge in [0.25, 0.3) is 0 Å². The first kappa shape index (κ1) is 19.5. The van der Waals surface area contributed by atoms with Gasteiger partial charge >= 0.3 is 5.97 Å². The maximum atomic E-state index is 12.3. The van der Waals surface area contributed by atoms with E-state index in [2.05, 4.69) is 9.97 Å². The van der Waals surface area contributed by atoms with E-state index in [4.69, 9.17) is 20.9 Å². The number of nitrogens with zero attached hydrogens (tertiary/aromatic N) is 3. The molecule has 0 bridgehead atoms. The van der Waals surface area contributed by atoms with Crippen LogP contribution in [0.4, 0.5) is 5.82 Å². The maximum absolute atomic E-state index is 12.3. The van der Waals surface area contributed by atoms with Crippen LogP contribution < -0.4 is 11.5 Å². The second-order valence-corrected chi connectivity index (χ2v) is 7.28. The zero-order valence-electron chi connectivity index (χ0n) is 15.4. The molecule has 1 fully saturated rings. The van der Waals surface area contributed by atoms with Crippen LogP contribution in [-0.2, 0) is 14.3 Å². The van der Waals surface area contributed by atoms with E-state index in [1.807, 2.05) is 0 Å². The van der Waals surface area contributed by atoms with Crippen LogP contribution in [0.1, 0.15) is 27.0 Å². The highest BCUT2D eigenvalue weighted by Crippen LogP contribution is 2.41. The molecule has 0 amide bonds. The van der Waals surface area contributed by atoms with Crippen molar-refractivity contribution in [3.05, 3.63) is 18.6 Å². The summed E-state index contributed by atoms with van der Waals surface area (Å²) in [4.78, 5) is 20.4. The van der Waals surface area contributed by atoms with Crippen LogP contribution in [0.2, 0.25) is 0 Å². The molecule has 1 saturated heterocycles. The molecule has 3 rings (SSSR count). The first-order valence-electron chi connectivity index (χ1n) is 8.70. The van der Waals surface area contributed by atoms with E-state index in [1.54, 1.807) is 30.7 Å². The zero-order valence-corrected chi connectivity index (χ0v) is 15.4. The van der Waals surface area contributed by atoms with Crippen LogP contribution >= 0.6 is 0 Å². The predicted octanol–water partition coefficient (Wildman–Crippen LogP) is -0.451. The summed E-state index contributed by atoms with van der Waals surface area (Å²) in [7, 11) is 0. The lowest BCUT2D eigenvalue weighted by Crippen LogP contribution is -2.50. The number of carbonyl (C=O) groups excluding carboxylic acids is 1. The minimum atomic E-state index is -1.65. The third-order valence-electron chi connectivity index (χ3n) is 4.92. The molecule has 4 unspecified atom stereocenters. The van der Waals surface area contributed by atoms with Crippen LogP contribution in [0.5, 0.6) is 0 Å². The van der Waals surface area contributed by atoms with Gasteiger partial charge in [-0.05, 0) is 18.9 Å². The lowest BCUT2D eigenvalue weighted by atomic mass is 9.95. The van der Waals surface area contributed by atoms with Gasteiger partial charge in [0.15, 0.2) is 12.3 Å². The molecule has 0 aliphatic carbocycles. The van der Waals surface area contributed by atoms with Crippen LogP contribution in [-0.4, -0.2) is 61.2 Å². The van der Waals surface area contributed by atoms with E-state index in [9.17, 15) is 15.0 Å². The summed E-state index contributed by atoms with van der Waals surface area (Å²) in [5, 5.41) is 21.4. The van der Waals surface area contributed by atoms with E-state index in [-0.39, 0.29) is 5.92 Å². The molecule has 6 N–H and O–H groups in total. The molecule has 2 aromatic heterocycles. The molecule has 2 aromatic rings. The highest BCUT2D eigenvalue weighted by Gasteiger charge is 2.56. The number of ether oxygens (including phenoxy) is 2. The van der Waals surface area contributed by atoms with Crippen LogP contribution in [0.25, 0.3) is 11.0 Å². The molecule has 0 spiro atoms. The largest absolute Gasteiger partial charge is 0.455 e. The van der Waals surface area contributed by atoms with Gasteiger partial charge in [-0.25, -0.2) is 9.97 Å². The van der Waals surface area contributed by atoms with Crippen molar-refractivity contribution in [3.63, 3.8) is 0 Å². The predicted molar refractivity (Wildman–Crippen MR) is 96.3 cm³/mol. The van der Waals surface area contributed by atoms with Crippen molar-refractivity contribution in [1.29, 1.82) is 0 Å². The van der Waals surface area contributed by atoms with Gasteiger partial charge < -0.3 is 35.7 Å². The Bertz CT molecular complexity index is 836. The summed E-state index contributed by atoms with van der Waals surface area (Å²) in [6.07, 6.45) is -0.0469. The molecule has 10 nitrogen and oxygen atoms in total. The van der Waals surface area contributed by atoms with Crippen molar-refractivity contribution in [2.24, 2.45) is 11.7 Å². The third-order valence-corrected chi connectivity index (χ3v) is 4.92. The Labute approximate surface area is 156 Å². The van der Waals surface area contributed by atoms with Crippen LogP contribution in [0, 0.1) is 5.92 Å². The normalized spacial score (nSPS) is 29.4. The number of carbonyl (C=O) groups is 1. The number of hydrogen-bond acceptors (Lipinski definition) is 9. The maximum Gasteiger partial charge on any atom is 0.323 e. The Morgan fingerprint density at radius 1 is 1.48 bits per heavy atom. The first-order chi connectivity index (χ1) is 12.7. The molecular formula is C17H25N5O5. The molecule has 3 heterocycles. The Morgan fingerprint density at radius 3 is 2.81 bits per heavy atom. The quantitative estimate of drug-likeness (QED) is 0.505. The van der Waals surface area contributed by atoms with Crippen molar-refractivity contribution in [3.8, 4) is 0 Å². The molecule has 1 aliphatic heterocycles. The van der Waals surface area contributed by atoms with Gasteiger partial charge in [0.05, 0.1) is 12.0 Å². The highest BCUT2D eigenvalue weighted by molar-refractivity contribution is 5.86. The lowest BCUT2D eigenvalue weighted by Gasteiger charge is -2.31. The van der Waals surface area contributed by atoms with Crippen molar-refractivity contribution < 1.29 is 24.5 Å². The number of aliphatic hydroxyl groups is 2. The van der Waals surface area contributed by atoms with E-state index >= 15 is 0 Å². The summed E-state index contributed by atoms with van der Waals surface area (Å²) in [6.45, 7) is 4.61. The van der Waals surface area contributed by atoms with Crippen molar-refractivity contribution in [2.45, 2.75) is 50.8 Å². The number of esters is 1. The fourth-order valence-electron chi connectivity index (χ4n) is 3.23. The molecular weight excluding hydrogens is 354 g/mol. The van der Waals surface area contributed by atoms with Gasteiger partial charge in [-0.15, -0.1) is 0 Å². The number of anilines is 1. The number of aliphatic hydroxyl groups excluding tert-OH is 1. The first-order valence-corrected chi connectivity index (χ1v) is 8.70. The summed E-state index contributed by atoms with van der Waals surface area (Å²) >= 11 is 0. The SMILES string of the molecule is CC(C)C(N)C(=O)OC1C(CO)OC(n2ccc3c(N)ncnc32)[C@]1(C)O. The second kappa shape index (κ2) is 7.04. The summed E-state index contributed by atoms with van der Waals surface area (Å²) in [5.74, 6) is -0.510. The van der Waals surface area contributed by atoms with Gasteiger partial charge in [0.1, 0.15) is 35.5 Å². The lowest BCUT2D eigenvalue weighted by molar-refractivity contribution is -0.166. The standard InChI is InChI=1S/C17H25N5O5/c1-8(2)11(18)15(24)27-12-10(6-23)26-16(17(12,3)25)22-5-4-9-13(19)20-7-21-14(9)22/h4-5,7-8,10-12,16,23,25H,6,18H2,1-3H3,(H2,19,20,21)/t10?,11?,12?,16?,17-/m1/s1. The molecule has 1 aliphatic rings. The van der Waals surface area contributed by atoms with E-state index in [0.29, 0.717) is 16.9 Å².